The Labute approximate surface area is 138 Å². The summed E-state index contributed by atoms with van der Waals surface area (Å²) < 4.78 is 0. The zero-order valence-electron chi connectivity index (χ0n) is 13.1. The van der Waals surface area contributed by atoms with Gasteiger partial charge in [0.2, 0.25) is 5.91 Å². The van der Waals surface area contributed by atoms with E-state index < -0.39 is 0 Å². The molecule has 5 heteroatoms. The number of thioether (sulfide) groups is 1. The molecule has 1 aromatic rings. The van der Waals surface area contributed by atoms with Gasteiger partial charge in [-0.1, -0.05) is 45.0 Å². The maximum Gasteiger partial charge on any atom is 0.238 e. The van der Waals surface area contributed by atoms with Crippen LogP contribution in [-0.2, 0) is 10.2 Å². The summed E-state index contributed by atoms with van der Waals surface area (Å²) in [5.74, 6) is 1.83. The van der Waals surface area contributed by atoms with Crippen molar-refractivity contribution in [2.45, 2.75) is 45.2 Å². The second-order valence-corrected chi connectivity index (χ2v) is 7.40. The van der Waals surface area contributed by atoms with E-state index in [4.69, 9.17) is 0 Å². The van der Waals surface area contributed by atoms with E-state index >= 15 is 0 Å². The molecule has 1 heterocycles. The number of hydrogen-bond acceptors (Lipinski definition) is 3. The third kappa shape index (κ3) is 4.90. The lowest BCUT2D eigenvalue weighted by atomic mass is 9.86. The summed E-state index contributed by atoms with van der Waals surface area (Å²) in [4.78, 5) is 12.1. The van der Waals surface area contributed by atoms with Crippen LogP contribution in [-0.4, -0.2) is 23.6 Å². The van der Waals surface area contributed by atoms with Gasteiger partial charge in [0.25, 0.3) is 0 Å². The summed E-state index contributed by atoms with van der Waals surface area (Å²) in [7, 11) is 0. The average molecular weight is 329 g/mol. The standard InChI is InChI=1S/C16H24N2OS.ClH/c1-11(18-15(19)14-9-20-10-17-14)12-5-7-13(8-6-12)16(2,3)4;/h5-8,11,14,17H,9-10H2,1-4H3,(H,18,19);1H. The molecule has 0 spiro atoms. The molecule has 0 saturated carbocycles. The Kier molecular flexibility index (Phi) is 6.57. The van der Waals surface area contributed by atoms with Gasteiger partial charge in [-0.2, -0.15) is 0 Å². The molecule has 21 heavy (non-hydrogen) atoms. The summed E-state index contributed by atoms with van der Waals surface area (Å²) in [6.45, 7) is 8.65. The molecule has 0 aliphatic carbocycles. The molecule has 1 amide bonds. The van der Waals surface area contributed by atoms with E-state index in [-0.39, 0.29) is 35.8 Å². The van der Waals surface area contributed by atoms with Crippen molar-refractivity contribution in [2.24, 2.45) is 0 Å². The van der Waals surface area contributed by atoms with E-state index in [1.807, 2.05) is 6.92 Å². The van der Waals surface area contributed by atoms with E-state index in [0.29, 0.717) is 0 Å². The summed E-state index contributed by atoms with van der Waals surface area (Å²) in [6, 6.07) is 8.54. The Hall–Kier alpha value is -0.710. The first kappa shape index (κ1) is 18.3. The van der Waals surface area contributed by atoms with Gasteiger partial charge in [0.05, 0.1) is 12.1 Å². The Balaban J connectivity index is 0.00000220. The third-order valence-corrected chi connectivity index (χ3v) is 4.61. The normalized spacial score (nSPS) is 19.7. The van der Waals surface area contributed by atoms with Crippen LogP contribution in [0.5, 0.6) is 0 Å². The highest BCUT2D eigenvalue weighted by Crippen LogP contribution is 2.24. The largest absolute Gasteiger partial charge is 0.348 e. The highest BCUT2D eigenvalue weighted by atomic mass is 35.5. The number of carbonyl (C=O) groups excluding carboxylic acids is 1. The van der Waals surface area contributed by atoms with E-state index in [1.54, 1.807) is 11.8 Å². The molecule has 0 radical (unpaired) electrons. The van der Waals surface area contributed by atoms with Crippen LogP contribution >= 0.6 is 24.2 Å². The molecule has 0 bridgehead atoms. The van der Waals surface area contributed by atoms with Crippen LogP contribution in [0.15, 0.2) is 24.3 Å². The highest BCUT2D eigenvalue weighted by molar-refractivity contribution is 7.99. The number of carbonyl (C=O) groups is 1. The maximum atomic E-state index is 12.1. The molecule has 118 valence electrons. The van der Waals surface area contributed by atoms with E-state index in [2.05, 4.69) is 55.7 Å². The van der Waals surface area contributed by atoms with Crippen molar-refractivity contribution in [3.63, 3.8) is 0 Å². The Morgan fingerprint density at radius 3 is 2.43 bits per heavy atom. The van der Waals surface area contributed by atoms with Gasteiger partial charge in [0.15, 0.2) is 0 Å². The Morgan fingerprint density at radius 1 is 1.33 bits per heavy atom. The van der Waals surface area contributed by atoms with Gasteiger partial charge in [0, 0.05) is 11.6 Å². The summed E-state index contributed by atoms with van der Waals surface area (Å²) in [5, 5.41) is 6.27. The fourth-order valence-corrected chi connectivity index (χ4v) is 3.17. The van der Waals surface area contributed by atoms with Crippen molar-refractivity contribution in [3.8, 4) is 0 Å². The number of nitrogens with one attached hydrogen (secondary N) is 2. The zero-order chi connectivity index (χ0) is 14.8. The van der Waals surface area contributed by atoms with Crippen LogP contribution in [0.25, 0.3) is 0 Å². The van der Waals surface area contributed by atoms with Crippen molar-refractivity contribution in [3.05, 3.63) is 35.4 Å². The van der Waals surface area contributed by atoms with Crippen LogP contribution < -0.4 is 10.6 Å². The highest BCUT2D eigenvalue weighted by Gasteiger charge is 2.24. The third-order valence-electron chi connectivity index (χ3n) is 3.67. The van der Waals surface area contributed by atoms with Gasteiger partial charge in [-0.05, 0) is 23.5 Å². The van der Waals surface area contributed by atoms with Crippen LogP contribution in [0.4, 0.5) is 0 Å². The molecule has 1 aliphatic rings. The molecule has 1 aromatic carbocycles. The first-order chi connectivity index (χ1) is 9.38. The van der Waals surface area contributed by atoms with Crippen molar-refractivity contribution >= 4 is 30.1 Å². The van der Waals surface area contributed by atoms with Gasteiger partial charge in [0.1, 0.15) is 0 Å². The summed E-state index contributed by atoms with van der Waals surface area (Å²) in [5.41, 5.74) is 2.63. The number of rotatable bonds is 3. The van der Waals surface area contributed by atoms with Crippen molar-refractivity contribution in [1.29, 1.82) is 0 Å². The minimum atomic E-state index is -0.0451. The Bertz CT molecular complexity index is 464. The van der Waals surface area contributed by atoms with Crippen LogP contribution in [0.3, 0.4) is 0 Å². The lowest BCUT2D eigenvalue weighted by Crippen LogP contribution is -2.42. The van der Waals surface area contributed by atoms with Gasteiger partial charge in [-0.25, -0.2) is 0 Å². The first-order valence-corrected chi connectivity index (χ1v) is 8.25. The maximum absolute atomic E-state index is 12.1. The number of halogens is 1. The first-order valence-electron chi connectivity index (χ1n) is 7.10. The van der Waals surface area contributed by atoms with Crippen LogP contribution in [0.2, 0.25) is 0 Å². The predicted octanol–water partition coefficient (Wildman–Crippen LogP) is 3.25. The topological polar surface area (TPSA) is 41.1 Å². The van der Waals surface area contributed by atoms with Crippen molar-refractivity contribution in [1.82, 2.24) is 10.6 Å². The molecule has 2 unspecified atom stereocenters. The number of amides is 1. The Morgan fingerprint density at radius 2 is 1.95 bits per heavy atom. The van der Waals surface area contributed by atoms with Crippen LogP contribution in [0, 0.1) is 0 Å². The molecular weight excluding hydrogens is 304 g/mol. The predicted molar refractivity (Wildman–Crippen MR) is 93.2 cm³/mol. The molecule has 1 saturated heterocycles. The number of benzene rings is 1. The second kappa shape index (κ2) is 7.52. The van der Waals surface area contributed by atoms with Gasteiger partial charge in [-0.3, -0.25) is 10.1 Å². The fourth-order valence-electron chi connectivity index (χ4n) is 2.23. The fraction of sp³-hybridized carbons (Fsp3) is 0.562. The van der Waals surface area contributed by atoms with Crippen molar-refractivity contribution in [2.75, 3.05) is 11.6 Å². The molecule has 2 rings (SSSR count). The average Bonchev–Trinajstić information content (AvgIpc) is 2.91. The SMILES string of the molecule is CC(NC(=O)C1CSCN1)c1ccc(C(C)(C)C)cc1.Cl. The molecular formula is C16H25ClN2OS. The molecule has 1 aliphatic heterocycles. The zero-order valence-corrected chi connectivity index (χ0v) is 14.7. The quantitative estimate of drug-likeness (QED) is 0.895. The summed E-state index contributed by atoms with van der Waals surface area (Å²) >= 11 is 1.77. The lowest BCUT2D eigenvalue weighted by molar-refractivity contribution is -0.123. The molecule has 1 fully saturated rings. The van der Waals surface area contributed by atoms with Gasteiger partial charge < -0.3 is 5.32 Å². The van der Waals surface area contributed by atoms with Crippen molar-refractivity contribution < 1.29 is 4.79 Å². The molecule has 3 nitrogen and oxygen atoms in total. The van der Waals surface area contributed by atoms with E-state index in [1.165, 1.54) is 5.56 Å². The van der Waals surface area contributed by atoms with Gasteiger partial charge in [-0.15, -0.1) is 24.2 Å². The molecule has 2 atom stereocenters. The lowest BCUT2D eigenvalue weighted by Gasteiger charge is -2.21. The monoisotopic (exact) mass is 328 g/mol. The van der Waals surface area contributed by atoms with Crippen LogP contribution in [0.1, 0.15) is 44.9 Å². The summed E-state index contributed by atoms with van der Waals surface area (Å²) in [6.07, 6.45) is 0. The second-order valence-electron chi connectivity index (χ2n) is 6.37. The van der Waals surface area contributed by atoms with E-state index in [0.717, 1.165) is 17.2 Å². The molecule has 2 N–H and O–H groups in total. The minimum absolute atomic E-state index is 0. The van der Waals surface area contributed by atoms with Gasteiger partial charge >= 0.3 is 0 Å². The smallest absolute Gasteiger partial charge is 0.238 e. The molecule has 0 aromatic heterocycles. The number of hydrogen-bond donors (Lipinski definition) is 2. The van der Waals surface area contributed by atoms with E-state index in [9.17, 15) is 4.79 Å². The minimum Gasteiger partial charge on any atom is -0.348 e.